The highest BCUT2D eigenvalue weighted by molar-refractivity contribution is 5.94. The number of aromatic amines is 1. The van der Waals surface area contributed by atoms with E-state index in [0.29, 0.717) is 0 Å². The lowest BCUT2D eigenvalue weighted by Gasteiger charge is -2.03. The molecule has 84 valence electrons. The van der Waals surface area contributed by atoms with Gasteiger partial charge in [-0.3, -0.25) is 0 Å². The first-order chi connectivity index (χ1) is 7.66. The van der Waals surface area contributed by atoms with Crippen molar-refractivity contribution in [2.45, 2.75) is 6.43 Å². The summed E-state index contributed by atoms with van der Waals surface area (Å²) in [5, 5.41) is 0.839. The van der Waals surface area contributed by atoms with Crippen LogP contribution < -0.4 is 0 Å². The van der Waals surface area contributed by atoms with Crippen LogP contribution in [0.4, 0.5) is 8.78 Å². The molecule has 1 N–H and O–H groups in total. The van der Waals surface area contributed by atoms with Gasteiger partial charge in [0.15, 0.2) is 6.61 Å². The highest BCUT2D eigenvalue weighted by Crippen LogP contribution is 2.15. The first-order valence-electron chi connectivity index (χ1n) is 4.69. The summed E-state index contributed by atoms with van der Waals surface area (Å²) in [6.07, 6.45) is -0.904. The van der Waals surface area contributed by atoms with Gasteiger partial charge in [0.2, 0.25) is 0 Å². The number of alkyl halides is 2. The van der Waals surface area contributed by atoms with E-state index in [0.717, 1.165) is 10.9 Å². The highest BCUT2D eigenvalue weighted by atomic mass is 19.3. The summed E-state index contributed by atoms with van der Waals surface area (Å²) in [5.74, 6) is -0.733. The zero-order valence-electron chi connectivity index (χ0n) is 8.24. The van der Waals surface area contributed by atoms with E-state index in [9.17, 15) is 13.6 Å². The summed E-state index contributed by atoms with van der Waals surface area (Å²) < 4.78 is 28.1. The van der Waals surface area contributed by atoms with E-state index in [1.807, 2.05) is 0 Å². The second kappa shape index (κ2) is 4.30. The van der Waals surface area contributed by atoms with Crippen molar-refractivity contribution in [3.63, 3.8) is 0 Å². The Morgan fingerprint density at radius 1 is 1.38 bits per heavy atom. The molecule has 0 spiro atoms. The van der Waals surface area contributed by atoms with Crippen LogP contribution in [-0.2, 0) is 4.74 Å². The molecule has 0 saturated heterocycles. The number of ether oxygens (including phenoxy) is 1. The van der Waals surface area contributed by atoms with Gasteiger partial charge < -0.3 is 9.72 Å². The van der Waals surface area contributed by atoms with E-state index >= 15 is 0 Å². The molecule has 0 atom stereocenters. The molecule has 0 aliphatic heterocycles. The highest BCUT2D eigenvalue weighted by Gasteiger charge is 2.11. The molecule has 0 bridgehead atoms. The summed E-state index contributed by atoms with van der Waals surface area (Å²) in [5.41, 5.74) is 1.15. The minimum Gasteiger partial charge on any atom is -0.456 e. The third-order valence-electron chi connectivity index (χ3n) is 2.13. The quantitative estimate of drug-likeness (QED) is 0.816. The Balaban J connectivity index is 2.16. The largest absolute Gasteiger partial charge is 0.456 e. The maximum Gasteiger partial charge on any atom is 0.338 e. The van der Waals surface area contributed by atoms with E-state index in [1.54, 1.807) is 24.4 Å². The molecule has 1 aromatic carbocycles. The molecule has 0 aliphatic carbocycles. The maximum absolute atomic E-state index is 11.8. The number of H-pyrrole nitrogens is 1. The van der Waals surface area contributed by atoms with Crippen LogP contribution in [-0.4, -0.2) is 24.0 Å². The Kier molecular flexibility index (Phi) is 2.85. The van der Waals surface area contributed by atoms with E-state index < -0.39 is 19.0 Å². The molecule has 2 aromatic rings. The van der Waals surface area contributed by atoms with Crippen LogP contribution >= 0.6 is 0 Å². The normalized spacial score (nSPS) is 10.9. The maximum atomic E-state index is 11.8. The van der Waals surface area contributed by atoms with Crippen LogP contribution in [0.1, 0.15) is 10.4 Å². The Morgan fingerprint density at radius 2 is 2.19 bits per heavy atom. The van der Waals surface area contributed by atoms with Gasteiger partial charge in [0.25, 0.3) is 6.43 Å². The Hall–Kier alpha value is -1.91. The van der Waals surface area contributed by atoms with E-state index in [2.05, 4.69) is 9.72 Å². The zero-order chi connectivity index (χ0) is 11.5. The fourth-order valence-corrected chi connectivity index (χ4v) is 1.40. The molecule has 3 nitrogen and oxygen atoms in total. The van der Waals surface area contributed by atoms with Gasteiger partial charge in [-0.15, -0.1) is 0 Å². The molecular weight excluding hydrogens is 216 g/mol. The van der Waals surface area contributed by atoms with Gasteiger partial charge in [-0.1, -0.05) is 0 Å². The number of carbonyl (C=O) groups excluding carboxylic acids is 1. The lowest BCUT2D eigenvalue weighted by Crippen LogP contribution is -2.11. The van der Waals surface area contributed by atoms with Crippen molar-refractivity contribution < 1.29 is 18.3 Å². The minimum atomic E-state index is -2.64. The molecule has 0 unspecified atom stereocenters. The smallest absolute Gasteiger partial charge is 0.338 e. The summed E-state index contributed by atoms with van der Waals surface area (Å²) in [4.78, 5) is 14.3. The van der Waals surface area contributed by atoms with Crippen molar-refractivity contribution in [2.75, 3.05) is 6.61 Å². The second-order valence-electron chi connectivity index (χ2n) is 3.27. The molecule has 0 amide bonds. The standard InChI is InChI=1S/C11H9F2NO2/c12-10(13)6-16-11(15)8-1-2-9-7(5-8)3-4-14-9/h1-5,10,14H,6H2. The monoisotopic (exact) mass is 225 g/mol. The van der Waals surface area contributed by atoms with E-state index in [4.69, 9.17) is 0 Å². The number of hydrogen-bond donors (Lipinski definition) is 1. The topological polar surface area (TPSA) is 42.1 Å². The second-order valence-corrected chi connectivity index (χ2v) is 3.27. The van der Waals surface area contributed by atoms with Crippen LogP contribution in [0.3, 0.4) is 0 Å². The Labute approximate surface area is 90.0 Å². The molecular formula is C11H9F2NO2. The fraction of sp³-hybridized carbons (Fsp3) is 0.182. The van der Waals surface area contributed by atoms with Crippen LogP contribution in [0, 0.1) is 0 Å². The molecule has 16 heavy (non-hydrogen) atoms. The van der Waals surface area contributed by atoms with Gasteiger partial charge in [0.05, 0.1) is 5.56 Å². The molecule has 0 saturated carbocycles. The molecule has 0 radical (unpaired) electrons. The van der Waals surface area contributed by atoms with Crippen LogP contribution in [0.25, 0.3) is 10.9 Å². The predicted molar refractivity (Wildman–Crippen MR) is 54.6 cm³/mol. The number of nitrogens with one attached hydrogen (secondary N) is 1. The molecule has 5 heteroatoms. The van der Waals surface area contributed by atoms with Crippen molar-refractivity contribution in [3.05, 3.63) is 36.0 Å². The van der Waals surface area contributed by atoms with E-state index in [1.165, 1.54) is 6.07 Å². The zero-order valence-corrected chi connectivity index (χ0v) is 8.24. The van der Waals surface area contributed by atoms with Crippen LogP contribution in [0.5, 0.6) is 0 Å². The first-order valence-corrected chi connectivity index (χ1v) is 4.69. The average Bonchev–Trinajstić information content (AvgIpc) is 2.72. The SMILES string of the molecule is O=C(OCC(F)F)c1ccc2[nH]ccc2c1. The van der Waals surface area contributed by atoms with Crippen LogP contribution in [0.2, 0.25) is 0 Å². The predicted octanol–water partition coefficient (Wildman–Crippen LogP) is 2.59. The third-order valence-corrected chi connectivity index (χ3v) is 2.13. The number of aromatic nitrogens is 1. The number of rotatable bonds is 3. The van der Waals surface area contributed by atoms with Gasteiger partial charge in [0.1, 0.15) is 0 Å². The fourth-order valence-electron chi connectivity index (χ4n) is 1.40. The molecule has 1 aromatic heterocycles. The van der Waals surface area contributed by atoms with Crippen molar-refractivity contribution in [3.8, 4) is 0 Å². The molecule has 0 fully saturated rings. The van der Waals surface area contributed by atoms with Crippen molar-refractivity contribution in [2.24, 2.45) is 0 Å². The molecule has 2 rings (SSSR count). The van der Waals surface area contributed by atoms with Gasteiger partial charge in [-0.05, 0) is 24.3 Å². The Bertz CT molecular complexity index is 507. The first kappa shape index (κ1) is 10.6. The summed E-state index contributed by atoms with van der Waals surface area (Å²) >= 11 is 0. The summed E-state index contributed by atoms with van der Waals surface area (Å²) in [6.45, 7) is -0.871. The summed E-state index contributed by atoms with van der Waals surface area (Å²) in [6, 6.07) is 6.62. The lowest BCUT2D eigenvalue weighted by molar-refractivity contribution is 0.0160. The van der Waals surface area contributed by atoms with Gasteiger partial charge >= 0.3 is 5.97 Å². The van der Waals surface area contributed by atoms with Gasteiger partial charge in [-0.25, -0.2) is 13.6 Å². The number of halogens is 2. The number of esters is 1. The van der Waals surface area contributed by atoms with Crippen molar-refractivity contribution >= 4 is 16.9 Å². The molecule has 1 heterocycles. The number of benzene rings is 1. The molecule has 0 aliphatic rings. The average molecular weight is 225 g/mol. The summed E-state index contributed by atoms with van der Waals surface area (Å²) in [7, 11) is 0. The van der Waals surface area contributed by atoms with Gasteiger partial charge in [0, 0.05) is 17.1 Å². The number of fused-ring (bicyclic) bond motifs is 1. The minimum absolute atomic E-state index is 0.271. The van der Waals surface area contributed by atoms with Crippen molar-refractivity contribution in [1.29, 1.82) is 0 Å². The number of carbonyl (C=O) groups is 1. The van der Waals surface area contributed by atoms with Crippen molar-refractivity contribution in [1.82, 2.24) is 4.98 Å². The lowest BCUT2D eigenvalue weighted by atomic mass is 10.1. The Morgan fingerprint density at radius 3 is 2.94 bits per heavy atom. The third kappa shape index (κ3) is 2.18. The number of hydrogen-bond acceptors (Lipinski definition) is 2. The van der Waals surface area contributed by atoms with E-state index in [-0.39, 0.29) is 5.56 Å². The van der Waals surface area contributed by atoms with Crippen LogP contribution in [0.15, 0.2) is 30.5 Å². The van der Waals surface area contributed by atoms with Gasteiger partial charge in [-0.2, -0.15) is 0 Å².